The molecule has 2 saturated heterocycles. The van der Waals surface area contributed by atoms with Crippen molar-refractivity contribution in [1.29, 1.82) is 0 Å². The van der Waals surface area contributed by atoms with E-state index in [1.54, 1.807) is 0 Å². The predicted molar refractivity (Wildman–Crippen MR) is 142 cm³/mol. The van der Waals surface area contributed by atoms with Gasteiger partial charge in [-0.2, -0.15) is 5.10 Å². The van der Waals surface area contributed by atoms with Crippen molar-refractivity contribution in [2.24, 2.45) is 11.8 Å². The minimum absolute atomic E-state index is 0.0381. The molecule has 2 amide bonds. The SMILES string of the molecule is Cc1cccc(N2CCN(C(=O)Cn3nc(C(=O)N4CC[C@H](C(C)(C)O)C4)c4c3C[C@H]3C[C@@H]43)CC2)c1C. The van der Waals surface area contributed by atoms with Crippen molar-refractivity contribution >= 4 is 17.5 Å². The maximum atomic E-state index is 13.5. The number of rotatable bonds is 5. The molecule has 0 bridgehead atoms. The Kier molecular flexibility index (Phi) is 5.86. The van der Waals surface area contributed by atoms with Crippen LogP contribution in [0.4, 0.5) is 5.69 Å². The molecule has 8 heteroatoms. The first-order chi connectivity index (χ1) is 17.6. The zero-order valence-corrected chi connectivity index (χ0v) is 22.5. The molecule has 4 aliphatic rings. The molecular formula is C29H39N5O3. The lowest BCUT2D eigenvalue weighted by Crippen LogP contribution is -2.50. The van der Waals surface area contributed by atoms with Crippen molar-refractivity contribution < 1.29 is 14.7 Å². The quantitative estimate of drug-likeness (QED) is 0.676. The van der Waals surface area contributed by atoms with Crippen molar-refractivity contribution in [3.05, 3.63) is 46.3 Å². The number of nitrogens with zero attached hydrogens (tertiary/aromatic N) is 5. The fourth-order valence-electron chi connectivity index (χ4n) is 6.65. The highest BCUT2D eigenvalue weighted by Gasteiger charge is 2.51. The van der Waals surface area contributed by atoms with Crippen LogP contribution in [0.25, 0.3) is 0 Å². The summed E-state index contributed by atoms with van der Waals surface area (Å²) in [7, 11) is 0. The Morgan fingerprint density at radius 3 is 2.54 bits per heavy atom. The standard InChI is InChI=1S/C29H39N5O3/c1-18-6-5-7-23(19(18)2)31-10-12-32(13-11-31)25(35)17-34-24-15-20-14-22(20)26(24)27(30-34)28(36)33-9-8-21(16-33)29(3,4)37/h5-7,20-22,37H,8-17H2,1-4H3/t20-,21+,22-/m1/s1. The number of aromatic nitrogens is 2. The molecule has 198 valence electrons. The zero-order valence-electron chi connectivity index (χ0n) is 22.5. The monoisotopic (exact) mass is 505 g/mol. The van der Waals surface area contributed by atoms with E-state index in [1.165, 1.54) is 16.8 Å². The summed E-state index contributed by atoms with van der Waals surface area (Å²) in [6.45, 7) is 12.4. The highest BCUT2D eigenvalue weighted by Crippen LogP contribution is 2.57. The summed E-state index contributed by atoms with van der Waals surface area (Å²) < 4.78 is 1.83. The Hall–Kier alpha value is -2.87. The van der Waals surface area contributed by atoms with E-state index in [1.807, 2.05) is 28.3 Å². The molecule has 1 saturated carbocycles. The third-order valence-electron chi connectivity index (χ3n) is 9.36. The van der Waals surface area contributed by atoms with Crippen LogP contribution in [0.2, 0.25) is 0 Å². The number of amides is 2. The highest BCUT2D eigenvalue weighted by atomic mass is 16.3. The largest absolute Gasteiger partial charge is 0.390 e. The smallest absolute Gasteiger partial charge is 0.274 e. The lowest BCUT2D eigenvalue weighted by Gasteiger charge is -2.37. The molecule has 1 aromatic heterocycles. The molecular weight excluding hydrogens is 466 g/mol. The molecule has 3 fully saturated rings. The minimum atomic E-state index is -0.799. The molecule has 0 unspecified atom stereocenters. The Balaban J connectivity index is 1.14. The summed E-state index contributed by atoms with van der Waals surface area (Å²) in [5, 5.41) is 15.2. The Morgan fingerprint density at radius 1 is 1.08 bits per heavy atom. The van der Waals surface area contributed by atoms with Gasteiger partial charge >= 0.3 is 0 Å². The van der Waals surface area contributed by atoms with E-state index in [9.17, 15) is 14.7 Å². The van der Waals surface area contributed by atoms with E-state index >= 15 is 0 Å². The number of benzene rings is 1. The zero-order chi connectivity index (χ0) is 26.1. The number of fused-ring (bicyclic) bond motifs is 3. The molecule has 6 rings (SSSR count). The normalized spacial score (nSPS) is 24.9. The summed E-state index contributed by atoms with van der Waals surface area (Å²) in [4.78, 5) is 33.0. The van der Waals surface area contributed by atoms with Crippen LogP contribution in [-0.2, 0) is 17.8 Å². The maximum absolute atomic E-state index is 13.5. The van der Waals surface area contributed by atoms with Crippen LogP contribution in [0, 0.1) is 25.7 Å². The second-order valence-electron chi connectivity index (χ2n) is 12.2. The van der Waals surface area contributed by atoms with E-state index in [4.69, 9.17) is 5.10 Å². The molecule has 0 radical (unpaired) electrons. The van der Waals surface area contributed by atoms with Crippen molar-refractivity contribution in [2.75, 3.05) is 44.2 Å². The first-order valence-electron chi connectivity index (χ1n) is 13.8. The number of piperazine rings is 1. The van der Waals surface area contributed by atoms with Gasteiger partial charge in [-0.3, -0.25) is 14.3 Å². The first-order valence-corrected chi connectivity index (χ1v) is 13.8. The fraction of sp³-hybridized carbons (Fsp3) is 0.621. The molecule has 37 heavy (non-hydrogen) atoms. The average Bonchev–Trinajstić information content (AvgIpc) is 3.21. The summed E-state index contributed by atoms with van der Waals surface area (Å²) in [6.07, 6.45) is 2.84. The van der Waals surface area contributed by atoms with E-state index in [2.05, 4.69) is 36.9 Å². The Bertz CT molecular complexity index is 1240. The molecule has 8 nitrogen and oxygen atoms in total. The number of hydrogen-bond donors (Lipinski definition) is 1. The van der Waals surface area contributed by atoms with Crippen molar-refractivity contribution in [3.63, 3.8) is 0 Å². The summed E-state index contributed by atoms with van der Waals surface area (Å²) in [6, 6.07) is 6.41. The molecule has 0 spiro atoms. The van der Waals surface area contributed by atoms with Gasteiger partial charge in [-0.1, -0.05) is 12.1 Å². The second kappa shape index (κ2) is 8.86. The van der Waals surface area contributed by atoms with Crippen LogP contribution in [0.5, 0.6) is 0 Å². The van der Waals surface area contributed by atoms with E-state index < -0.39 is 5.60 Å². The average molecular weight is 506 g/mol. The van der Waals surface area contributed by atoms with Gasteiger partial charge in [0, 0.05) is 62.1 Å². The van der Waals surface area contributed by atoms with Gasteiger partial charge in [0.15, 0.2) is 5.69 Å². The van der Waals surface area contributed by atoms with Crippen LogP contribution in [-0.4, -0.2) is 81.4 Å². The number of anilines is 1. The lowest BCUT2D eigenvalue weighted by molar-refractivity contribution is -0.132. The van der Waals surface area contributed by atoms with E-state index in [-0.39, 0.29) is 24.3 Å². The summed E-state index contributed by atoms with van der Waals surface area (Å²) in [5.41, 5.74) is 5.77. The Labute approximate surface area is 219 Å². The van der Waals surface area contributed by atoms with Crippen molar-refractivity contribution in [3.8, 4) is 0 Å². The lowest BCUT2D eigenvalue weighted by atomic mass is 9.90. The molecule has 1 aromatic carbocycles. The summed E-state index contributed by atoms with van der Waals surface area (Å²) >= 11 is 0. The summed E-state index contributed by atoms with van der Waals surface area (Å²) in [5.74, 6) is 1.14. The highest BCUT2D eigenvalue weighted by molar-refractivity contribution is 5.95. The number of carbonyl (C=O) groups excluding carboxylic acids is 2. The fourth-order valence-corrected chi connectivity index (χ4v) is 6.65. The third kappa shape index (κ3) is 4.33. The Morgan fingerprint density at radius 2 is 1.84 bits per heavy atom. The van der Waals surface area contributed by atoms with Crippen molar-refractivity contribution in [2.45, 2.75) is 65.0 Å². The molecule has 3 atom stereocenters. The third-order valence-corrected chi connectivity index (χ3v) is 9.36. The first kappa shape index (κ1) is 24.5. The minimum Gasteiger partial charge on any atom is -0.390 e. The molecule has 2 aliphatic heterocycles. The van der Waals surface area contributed by atoms with Gasteiger partial charge < -0.3 is 19.8 Å². The van der Waals surface area contributed by atoms with E-state index in [0.717, 1.165) is 43.6 Å². The van der Waals surface area contributed by atoms with E-state index in [0.29, 0.717) is 43.7 Å². The van der Waals surface area contributed by atoms with Crippen LogP contribution in [0.15, 0.2) is 18.2 Å². The van der Waals surface area contributed by atoms with Crippen LogP contribution < -0.4 is 4.90 Å². The van der Waals surface area contributed by atoms with Gasteiger partial charge in [0.2, 0.25) is 5.91 Å². The number of hydrogen-bond acceptors (Lipinski definition) is 5. The van der Waals surface area contributed by atoms with Gasteiger partial charge in [0.05, 0.1) is 5.60 Å². The number of aryl methyl sites for hydroxylation is 1. The maximum Gasteiger partial charge on any atom is 0.274 e. The van der Waals surface area contributed by atoms with Gasteiger partial charge in [-0.05, 0) is 76.0 Å². The van der Waals surface area contributed by atoms with Gasteiger partial charge in [-0.15, -0.1) is 0 Å². The predicted octanol–water partition coefficient (Wildman–Crippen LogP) is 2.74. The van der Waals surface area contributed by atoms with Gasteiger partial charge in [0.1, 0.15) is 6.54 Å². The van der Waals surface area contributed by atoms with Crippen molar-refractivity contribution in [1.82, 2.24) is 19.6 Å². The number of aliphatic hydroxyl groups is 1. The van der Waals surface area contributed by atoms with Crippen LogP contribution in [0.1, 0.15) is 65.5 Å². The molecule has 2 aromatic rings. The molecule has 3 heterocycles. The topological polar surface area (TPSA) is 81.9 Å². The number of likely N-dealkylation sites (tertiary alicyclic amines) is 1. The molecule has 2 aliphatic carbocycles. The van der Waals surface area contributed by atoms with Crippen LogP contribution >= 0.6 is 0 Å². The second-order valence-corrected chi connectivity index (χ2v) is 12.2. The van der Waals surface area contributed by atoms with Gasteiger partial charge in [-0.25, -0.2) is 0 Å². The number of carbonyl (C=O) groups is 2. The molecule has 1 N–H and O–H groups in total. The van der Waals surface area contributed by atoms with Gasteiger partial charge in [0.25, 0.3) is 5.91 Å². The van der Waals surface area contributed by atoms with Crippen LogP contribution in [0.3, 0.4) is 0 Å².